The molecule has 4 heteroatoms. The molecule has 0 saturated carbocycles. The second-order valence-corrected chi connectivity index (χ2v) is 5.06. The lowest BCUT2D eigenvalue weighted by Gasteiger charge is -2.26. The number of halogens is 2. The largest absolute Gasteiger partial charge is 0.386 e. The Kier molecular flexibility index (Phi) is 4.82. The third-order valence-electron chi connectivity index (χ3n) is 3.19. The molecule has 18 heavy (non-hydrogen) atoms. The number of rotatable bonds is 5. The van der Waals surface area contributed by atoms with Crippen LogP contribution in [0, 0.1) is 0 Å². The first-order valence-corrected chi connectivity index (χ1v) is 6.13. The Labute approximate surface area is 107 Å². The maximum Gasteiger partial charge on any atom is 0.271 e. The van der Waals surface area contributed by atoms with Crippen LogP contribution in [-0.2, 0) is 0 Å². The van der Waals surface area contributed by atoms with Gasteiger partial charge in [0.15, 0.2) is 0 Å². The molecular formula is C14H21F2NO. The summed E-state index contributed by atoms with van der Waals surface area (Å²) >= 11 is 0. The van der Waals surface area contributed by atoms with Crippen LogP contribution in [0.1, 0.15) is 43.7 Å². The van der Waals surface area contributed by atoms with Gasteiger partial charge in [0.1, 0.15) is 6.10 Å². The molecule has 0 heterocycles. The smallest absolute Gasteiger partial charge is 0.271 e. The molecule has 1 aromatic rings. The van der Waals surface area contributed by atoms with Gasteiger partial charge in [0.25, 0.3) is 5.92 Å². The van der Waals surface area contributed by atoms with E-state index in [4.69, 9.17) is 5.73 Å². The van der Waals surface area contributed by atoms with E-state index in [9.17, 15) is 13.9 Å². The van der Waals surface area contributed by atoms with Gasteiger partial charge in [-0.15, -0.1) is 0 Å². The minimum atomic E-state index is -3.15. The minimum absolute atomic E-state index is 0.00831. The molecule has 0 aliphatic carbocycles. The van der Waals surface area contributed by atoms with Gasteiger partial charge in [0, 0.05) is 19.4 Å². The Morgan fingerprint density at radius 2 is 1.61 bits per heavy atom. The predicted octanol–water partition coefficient (Wildman–Crippen LogP) is 2.87. The number of hydrogen-bond donors (Lipinski definition) is 2. The molecule has 2 nitrogen and oxygen atoms in total. The summed E-state index contributed by atoms with van der Waals surface area (Å²) in [5, 5.41) is 9.65. The topological polar surface area (TPSA) is 46.2 Å². The summed E-state index contributed by atoms with van der Waals surface area (Å²) in [6.07, 6.45) is -1.76. The SMILES string of the molecule is CC(C)c1ccc(C(CN)C(O)C(C)(F)F)cc1. The van der Waals surface area contributed by atoms with Gasteiger partial charge >= 0.3 is 0 Å². The molecule has 0 bridgehead atoms. The molecule has 0 aliphatic rings. The Balaban J connectivity index is 2.96. The number of aliphatic hydroxyl groups excluding tert-OH is 1. The zero-order valence-corrected chi connectivity index (χ0v) is 11.0. The van der Waals surface area contributed by atoms with Crippen LogP contribution in [0.2, 0.25) is 0 Å². The zero-order valence-electron chi connectivity index (χ0n) is 11.0. The van der Waals surface area contributed by atoms with E-state index in [1.54, 1.807) is 12.1 Å². The van der Waals surface area contributed by atoms with Crippen LogP contribution >= 0.6 is 0 Å². The molecule has 2 unspecified atom stereocenters. The van der Waals surface area contributed by atoms with Crippen LogP contribution in [0.4, 0.5) is 8.78 Å². The molecule has 0 aliphatic heterocycles. The van der Waals surface area contributed by atoms with E-state index in [2.05, 4.69) is 13.8 Å². The number of alkyl halides is 2. The number of hydrogen-bond acceptors (Lipinski definition) is 2. The third-order valence-corrected chi connectivity index (χ3v) is 3.19. The van der Waals surface area contributed by atoms with Crippen LogP contribution in [0.15, 0.2) is 24.3 Å². The summed E-state index contributed by atoms with van der Waals surface area (Å²) in [6.45, 7) is 4.82. The van der Waals surface area contributed by atoms with Gasteiger partial charge in [0.05, 0.1) is 0 Å². The first kappa shape index (κ1) is 15.1. The molecule has 102 valence electrons. The van der Waals surface area contributed by atoms with E-state index < -0.39 is 17.9 Å². The third kappa shape index (κ3) is 3.50. The van der Waals surface area contributed by atoms with Gasteiger partial charge in [-0.25, -0.2) is 8.78 Å². The van der Waals surface area contributed by atoms with Crippen LogP contribution in [0.25, 0.3) is 0 Å². The van der Waals surface area contributed by atoms with E-state index in [1.165, 1.54) is 0 Å². The van der Waals surface area contributed by atoms with Crippen molar-refractivity contribution in [2.45, 2.75) is 44.6 Å². The van der Waals surface area contributed by atoms with Crippen LogP contribution < -0.4 is 5.73 Å². The van der Waals surface area contributed by atoms with Crippen molar-refractivity contribution in [3.63, 3.8) is 0 Å². The fourth-order valence-electron chi connectivity index (χ4n) is 1.93. The lowest BCUT2D eigenvalue weighted by Crippen LogP contribution is -2.39. The minimum Gasteiger partial charge on any atom is -0.386 e. The summed E-state index contributed by atoms with van der Waals surface area (Å²) in [6, 6.07) is 7.32. The Hall–Kier alpha value is -1.00. The summed E-state index contributed by atoms with van der Waals surface area (Å²) in [7, 11) is 0. The fourth-order valence-corrected chi connectivity index (χ4v) is 1.93. The highest BCUT2D eigenvalue weighted by atomic mass is 19.3. The molecule has 0 fully saturated rings. The average Bonchev–Trinajstić information content (AvgIpc) is 2.29. The Morgan fingerprint density at radius 1 is 1.17 bits per heavy atom. The van der Waals surface area contributed by atoms with Crippen molar-refractivity contribution in [1.29, 1.82) is 0 Å². The van der Waals surface area contributed by atoms with Crippen molar-refractivity contribution in [3.8, 4) is 0 Å². The van der Waals surface area contributed by atoms with Crippen molar-refractivity contribution in [1.82, 2.24) is 0 Å². The molecule has 0 amide bonds. The van der Waals surface area contributed by atoms with E-state index in [1.807, 2.05) is 12.1 Å². The lowest BCUT2D eigenvalue weighted by molar-refractivity contribution is -0.103. The molecule has 2 atom stereocenters. The molecule has 1 rings (SSSR count). The highest BCUT2D eigenvalue weighted by Crippen LogP contribution is 2.30. The van der Waals surface area contributed by atoms with Crippen LogP contribution in [-0.4, -0.2) is 23.7 Å². The van der Waals surface area contributed by atoms with Gasteiger partial charge in [-0.3, -0.25) is 0 Å². The average molecular weight is 257 g/mol. The summed E-state index contributed by atoms with van der Waals surface area (Å²) in [4.78, 5) is 0. The fraction of sp³-hybridized carbons (Fsp3) is 0.571. The predicted molar refractivity (Wildman–Crippen MR) is 69.0 cm³/mol. The molecular weight excluding hydrogens is 236 g/mol. The monoisotopic (exact) mass is 257 g/mol. The maximum absolute atomic E-state index is 13.1. The molecule has 3 N–H and O–H groups in total. The van der Waals surface area contributed by atoms with Crippen molar-refractivity contribution >= 4 is 0 Å². The number of nitrogens with two attached hydrogens (primary N) is 1. The number of benzene rings is 1. The van der Waals surface area contributed by atoms with E-state index in [0.717, 1.165) is 5.56 Å². The lowest BCUT2D eigenvalue weighted by atomic mass is 9.89. The van der Waals surface area contributed by atoms with Gasteiger partial charge in [-0.05, 0) is 17.0 Å². The molecule has 0 radical (unpaired) electrons. The standard InChI is InChI=1S/C14H21F2NO/c1-9(2)10-4-6-11(7-5-10)12(8-17)13(18)14(3,15)16/h4-7,9,12-13,18H,8,17H2,1-3H3. The molecule has 0 saturated heterocycles. The summed E-state index contributed by atoms with van der Waals surface area (Å²) in [5.74, 6) is -3.51. The summed E-state index contributed by atoms with van der Waals surface area (Å²) < 4.78 is 26.3. The highest BCUT2D eigenvalue weighted by Gasteiger charge is 2.38. The molecule has 0 spiro atoms. The van der Waals surface area contributed by atoms with E-state index in [-0.39, 0.29) is 6.54 Å². The van der Waals surface area contributed by atoms with Crippen molar-refractivity contribution in [3.05, 3.63) is 35.4 Å². The Bertz CT molecular complexity index is 370. The van der Waals surface area contributed by atoms with Gasteiger partial charge in [-0.2, -0.15) is 0 Å². The van der Waals surface area contributed by atoms with Crippen molar-refractivity contribution in [2.24, 2.45) is 5.73 Å². The summed E-state index contributed by atoms with van der Waals surface area (Å²) in [5.41, 5.74) is 7.29. The molecule has 0 aromatic heterocycles. The van der Waals surface area contributed by atoms with Crippen molar-refractivity contribution < 1.29 is 13.9 Å². The first-order chi connectivity index (χ1) is 8.27. The van der Waals surface area contributed by atoms with Crippen LogP contribution in [0.3, 0.4) is 0 Å². The van der Waals surface area contributed by atoms with E-state index in [0.29, 0.717) is 18.4 Å². The van der Waals surface area contributed by atoms with Gasteiger partial charge in [-0.1, -0.05) is 38.1 Å². The number of aliphatic hydroxyl groups is 1. The normalized spacial score (nSPS) is 15.8. The quantitative estimate of drug-likeness (QED) is 0.852. The van der Waals surface area contributed by atoms with Crippen molar-refractivity contribution in [2.75, 3.05) is 6.54 Å². The first-order valence-electron chi connectivity index (χ1n) is 6.13. The molecule has 1 aromatic carbocycles. The van der Waals surface area contributed by atoms with Gasteiger partial charge < -0.3 is 10.8 Å². The van der Waals surface area contributed by atoms with Crippen LogP contribution in [0.5, 0.6) is 0 Å². The Morgan fingerprint density at radius 3 is 1.94 bits per heavy atom. The second-order valence-electron chi connectivity index (χ2n) is 5.06. The second kappa shape index (κ2) is 5.76. The zero-order chi connectivity index (χ0) is 13.9. The highest BCUT2D eigenvalue weighted by molar-refractivity contribution is 5.28. The van der Waals surface area contributed by atoms with Gasteiger partial charge in [0.2, 0.25) is 0 Å². The van der Waals surface area contributed by atoms with E-state index >= 15 is 0 Å². The maximum atomic E-state index is 13.1.